The maximum Gasteiger partial charge on any atom is 0.115 e. The molecule has 0 fully saturated rings. The van der Waals surface area contributed by atoms with Crippen LogP contribution in [0.5, 0.6) is 0 Å². The number of nitrogens with one attached hydrogen (secondary N) is 1. The first kappa shape index (κ1) is 14.2. The van der Waals surface area contributed by atoms with E-state index in [-0.39, 0.29) is 6.04 Å². The second-order valence-corrected chi connectivity index (χ2v) is 5.48. The fourth-order valence-electron chi connectivity index (χ4n) is 2.12. The summed E-state index contributed by atoms with van der Waals surface area (Å²) in [4.78, 5) is 8.25. The number of nitrogens with zero attached hydrogens (tertiary/aromatic N) is 2. The molecule has 0 aliphatic heterocycles. The first-order chi connectivity index (χ1) is 9.22. The summed E-state index contributed by atoms with van der Waals surface area (Å²) in [6, 6.07) is 6.51. The molecule has 0 aliphatic carbocycles. The molecule has 0 aliphatic rings. The molecule has 0 saturated carbocycles. The minimum atomic E-state index is 0.147. The third kappa shape index (κ3) is 3.61. The topological polar surface area (TPSA) is 37.8 Å². The van der Waals surface area contributed by atoms with Gasteiger partial charge < -0.3 is 5.32 Å². The van der Waals surface area contributed by atoms with Crippen molar-refractivity contribution in [2.45, 2.75) is 26.3 Å². The van der Waals surface area contributed by atoms with Gasteiger partial charge in [0.1, 0.15) is 6.33 Å². The SMILES string of the molecule is CCCNC(c1cncnc1)c1ccc(Br)cc1C. The highest BCUT2D eigenvalue weighted by molar-refractivity contribution is 9.10. The monoisotopic (exact) mass is 319 g/mol. The van der Waals surface area contributed by atoms with Crippen LogP contribution in [0.3, 0.4) is 0 Å². The molecular weight excluding hydrogens is 302 g/mol. The molecule has 1 aromatic carbocycles. The average Bonchev–Trinajstić information content (AvgIpc) is 2.42. The second-order valence-electron chi connectivity index (χ2n) is 4.56. The van der Waals surface area contributed by atoms with Crippen LogP contribution in [0.4, 0.5) is 0 Å². The van der Waals surface area contributed by atoms with E-state index in [1.54, 1.807) is 6.33 Å². The van der Waals surface area contributed by atoms with Gasteiger partial charge in [0.25, 0.3) is 0 Å². The first-order valence-corrected chi connectivity index (χ1v) is 7.26. The Labute approximate surface area is 122 Å². The molecule has 1 unspecified atom stereocenters. The van der Waals surface area contributed by atoms with Crippen molar-refractivity contribution in [1.29, 1.82) is 0 Å². The van der Waals surface area contributed by atoms with Crippen LogP contribution in [0.2, 0.25) is 0 Å². The lowest BCUT2D eigenvalue weighted by atomic mass is 9.97. The van der Waals surface area contributed by atoms with E-state index in [0.29, 0.717) is 0 Å². The normalized spacial score (nSPS) is 12.4. The summed E-state index contributed by atoms with van der Waals surface area (Å²) < 4.78 is 1.10. The predicted octanol–water partition coefficient (Wildman–Crippen LogP) is 3.64. The van der Waals surface area contributed by atoms with Crippen LogP contribution in [0.25, 0.3) is 0 Å². The van der Waals surface area contributed by atoms with Crippen molar-refractivity contribution in [3.63, 3.8) is 0 Å². The lowest BCUT2D eigenvalue weighted by Gasteiger charge is -2.21. The fourth-order valence-corrected chi connectivity index (χ4v) is 2.59. The summed E-state index contributed by atoms with van der Waals surface area (Å²) in [6.45, 7) is 5.26. The zero-order chi connectivity index (χ0) is 13.7. The summed E-state index contributed by atoms with van der Waals surface area (Å²) >= 11 is 3.51. The van der Waals surface area contributed by atoms with Gasteiger partial charge in [-0.2, -0.15) is 0 Å². The zero-order valence-corrected chi connectivity index (χ0v) is 12.8. The summed E-state index contributed by atoms with van der Waals surface area (Å²) in [5, 5.41) is 3.57. The van der Waals surface area contributed by atoms with Crippen LogP contribution in [-0.4, -0.2) is 16.5 Å². The Morgan fingerprint density at radius 3 is 2.63 bits per heavy atom. The lowest BCUT2D eigenvalue weighted by Crippen LogP contribution is -2.24. The Morgan fingerprint density at radius 2 is 2.00 bits per heavy atom. The van der Waals surface area contributed by atoms with Gasteiger partial charge >= 0.3 is 0 Å². The van der Waals surface area contributed by atoms with E-state index in [1.165, 1.54) is 11.1 Å². The van der Waals surface area contributed by atoms with Crippen molar-refractivity contribution < 1.29 is 0 Å². The third-order valence-electron chi connectivity index (χ3n) is 3.06. The molecule has 2 rings (SSSR count). The average molecular weight is 320 g/mol. The molecule has 1 atom stereocenters. The predicted molar refractivity (Wildman–Crippen MR) is 81.0 cm³/mol. The minimum Gasteiger partial charge on any atom is -0.306 e. The summed E-state index contributed by atoms with van der Waals surface area (Å²) in [7, 11) is 0. The molecule has 0 radical (unpaired) electrons. The van der Waals surface area contributed by atoms with Gasteiger partial charge in [-0.3, -0.25) is 0 Å². The largest absolute Gasteiger partial charge is 0.306 e. The van der Waals surface area contributed by atoms with Gasteiger partial charge in [-0.1, -0.05) is 28.9 Å². The first-order valence-electron chi connectivity index (χ1n) is 6.46. The van der Waals surface area contributed by atoms with Gasteiger partial charge in [-0.25, -0.2) is 9.97 Å². The van der Waals surface area contributed by atoms with Gasteiger partial charge in [0.2, 0.25) is 0 Å². The highest BCUT2D eigenvalue weighted by Crippen LogP contribution is 2.26. The Bertz CT molecular complexity index is 528. The van der Waals surface area contributed by atoms with Gasteiger partial charge in [-0.05, 0) is 43.1 Å². The molecule has 1 heterocycles. The van der Waals surface area contributed by atoms with E-state index in [9.17, 15) is 0 Å². The van der Waals surface area contributed by atoms with E-state index in [0.717, 1.165) is 23.0 Å². The number of aryl methyl sites for hydroxylation is 1. The van der Waals surface area contributed by atoms with E-state index in [4.69, 9.17) is 0 Å². The van der Waals surface area contributed by atoms with Crippen molar-refractivity contribution in [3.05, 3.63) is 58.1 Å². The Balaban J connectivity index is 2.37. The van der Waals surface area contributed by atoms with Crippen molar-refractivity contribution in [1.82, 2.24) is 15.3 Å². The second kappa shape index (κ2) is 6.78. The maximum absolute atomic E-state index is 4.13. The molecule has 0 bridgehead atoms. The maximum atomic E-state index is 4.13. The minimum absolute atomic E-state index is 0.147. The number of benzene rings is 1. The number of rotatable bonds is 5. The zero-order valence-electron chi connectivity index (χ0n) is 11.2. The van der Waals surface area contributed by atoms with E-state index in [1.807, 2.05) is 12.4 Å². The number of halogens is 1. The standard InChI is InChI=1S/C15H18BrN3/c1-3-6-19-15(12-8-17-10-18-9-12)14-5-4-13(16)7-11(14)2/h4-5,7-10,15,19H,3,6H2,1-2H3. The molecule has 3 nitrogen and oxygen atoms in total. The van der Waals surface area contributed by atoms with Crippen LogP contribution in [0, 0.1) is 6.92 Å². The summed E-state index contributed by atoms with van der Waals surface area (Å²) in [5.74, 6) is 0. The third-order valence-corrected chi connectivity index (χ3v) is 3.55. The number of hydrogen-bond acceptors (Lipinski definition) is 3. The van der Waals surface area contributed by atoms with Crippen molar-refractivity contribution in [3.8, 4) is 0 Å². The van der Waals surface area contributed by atoms with Crippen LogP contribution >= 0.6 is 15.9 Å². The fraction of sp³-hybridized carbons (Fsp3) is 0.333. The number of aromatic nitrogens is 2. The molecular formula is C15H18BrN3. The van der Waals surface area contributed by atoms with Crippen molar-refractivity contribution >= 4 is 15.9 Å². The number of hydrogen-bond donors (Lipinski definition) is 1. The molecule has 1 N–H and O–H groups in total. The quantitative estimate of drug-likeness (QED) is 0.914. The molecule has 100 valence electrons. The van der Waals surface area contributed by atoms with E-state index < -0.39 is 0 Å². The van der Waals surface area contributed by atoms with Gasteiger partial charge in [0, 0.05) is 22.4 Å². The molecule has 4 heteroatoms. The molecule has 1 aromatic heterocycles. The molecule has 19 heavy (non-hydrogen) atoms. The van der Waals surface area contributed by atoms with Gasteiger partial charge in [0.15, 0.2) is 0 Å². The van der Waals surface area contributed by atoms with Gasteiger partial charge in [0.05, 0.1) is 6.04 Å². The smallest absolute Gasteiger partial charge is 0.115 e. The van der Waals surface area contributed by atoms with Gasteiger partial charge in [-0.15, -0.1) is 0 Å². The van der Waals surface area contributed by atoms with Crippen LogP contribution in [-0.2, 0) is 0 Å². The Kier molecular flexibility index (Phi) is 5.05. The summed E-state index contributed by atoms with van der Waals surface area (Å²) in [6.07, 6.45) is 6.41. The van der Waals surface area contributed by atoms with E-state index >= 15 is 0 Å². The summed E-state index contributed by atoms with van der Waals surface area (Å²) in [5.41, 5.74) is 3.62. The molecule has 2 aromatic rings. The van der Waals surface area contributed by atoms with Crippen LogP contribution in [0.15, 0.2) is 41.4 Å². The van der Waals surface area contributed by atoms with E-state index in [2.05, 4.69) is 63.3 Å². The highest BCUT2D eigenvalue weighted by atomic mass is 79.9. The lowest BCUT2D eigenvalue weighted by molar-refractivity contribution is 0.592. The van der Waals surface area contributed by atoms with Crippen molar-refractivity contribution in [2.75, 3.05) is 6.54 Å². The highest BCUT2D eigenvalue weighted by Gasteiger charge is 2.15. The van der Waals surface area contributed by atoms with Crippen LogP contribution < -0.4 is 5.32 Å². The van der Waals surface area contributed by atoms with Crippen LogP contribution in [0.1, 0.15) is 36.1 Å². The molecule has 0 spiro atoms. The molecule has 0 saturated heterocycles. The Hall–Kier alpha value is -1.26. The van der Waals surface area contributed by atoms with Crippen molar-refractivity contribution in [2.24, 2.45) is 0 Å². The Morgan fingerprint density at radius 1 is 1.26 bits per heavy atom. The molecule has 0 amide bonds.